The van der Waals surface area contributed by atoms with Gasteiger partial charge in [-0.3, -0.25) is 4.79 Å². The lowest BCUT2D eigenvalue weighted by Crippen LogP contribution is -2.36. The fourth-order valence-electron chi connectivity index (χ4n) is 2.33. The molecule has 0 aliphatic rings. The number of furan rings is 1. The summed E-state index contributed by atoms with van der Waals surface area (Å²) in [6.45, 7) is 2.74. The summed E-state index contributed by atoms with van der Waals surface area (Å²) in [7, 11) is 0. The molecule has 25 heavy (non-hydrogen) atoms. The first kappa shape index (κ1) is 18.2. The van der Waals surface area contributed by atoms with Gasteiger partial charge in [0.25, 0.3) is 5.91 Å². The number of carbonyl (C=O) groups excluding carboxylic acids is 2. The van der Waals surface area contributed by atoms with Gasteiger partial charge in [0.15, 0.2) is 6.61 Å². The van der Waals surface area contributed by atoms with E-state index in [0.717, 1.165) is 4.90 Å². The number of para-hydroxylation sites is 1. The number of carbonyl (C=O) groups is 2. The molecule has 0 radical (unpaired) electrons. The number of nitrogens with zero attached hydrogens (tertiary/aromatic N) is 2. The highest BCUT2D eigenvalue weighted by molar-refractivity contribution is 5.97. The molecule has 2 rings (SSSR count). The first-order valence-corrected chi connectivity index (χ1v) is 7.60. The van der Waals surface area contributed by atoms with E-state index in [0.29, 0.717) is 11.5 Å². The van der Waals surface area contributed by atoms with E-state index in [2.05, 4.69) is 0 Å². The Kier molecular flexibility index (Phi) is 5.90. The Morgan fingerprint density at radius 1 is 1.32 bits per heavy atom. The molecule has 1 amide bonds. The number of aryl methyl sites for hydroxylation is 2. The van der Waals surface area contributed by atoms with Gasteiger partial charge in [-0.15, -0.1) is 0 Å². The van der Waals surface area contributed by atoms with E-state index in [1.807, 2.05) is 6.07 Å². The van der Waals surface area contributed by atoms with Gasteiger partial charge in [-0.1, -0.05) is 12.1 Å². The fraction of sp³-hybridized carbons (Fsp3) is 0.278. The highest BCUT2D eigenvalue weighted by Gasteiger charge is 2.22. The predicted molar refractivity (Wildman–Crippen MR) is 87.4 cm³/mol. The molecule has 0 aliphatic carbocycles. The summed E-state index contributed by atoms with van der Waals surface area (Å²) >= 11 is 0. The van der Waals surface area contributed by atoms with Crippen LogP contribution in [0.25, 0.3) is 0 Å². The van der Waals surface area contributed by atoms with Crippen LogP contribution in [0, 0.1) is 31.0 Å². The third kappa shape index (κ3) is 4.44. The minimum Gasteiger partial charge on any atom is -0.466 e. The molecule has 0 aliphatic heterocycles. The molecule has 1 aromatic heterocycles. The van der Waals surface area contributed by atoms with Gasteiger partial charge in [0, 0.05) is 6.54 Å². The van der Waals surface area contributed by atoms with Crippen LogP contribution in [0.5, 0.6) is 0 Å². The van der Waals surface area contributed by atoms with Crippen LogP contribution in [0.15, 0.2) is 34.7 Å². The summed E-state index contributed by atoms with van der Waals surface area (Å²) in [5.74, 6) is -0.965. The van der Waals surface area contributed by atoms with E-state index >= 15 is 0 Å². The zero-order chi connectivity index (χ0) is 18.4. The smallest absolute Gasteiger partial charge is 0.342 e. The maximum absolute atomic E-state index is 13.9. The minimum absolute atomic E-state index is 0.00232. The number of ether oxygens (including phenoxy) is 1. The Balaban J connectivity index is 2.09. The van der Waals surface area contributed by atoms with E-state index in [-0.39, 0.29) is 24.2 Å². The van der Waals surface area contributed by atoms with Crippen molar-refractivity contribution in [2.75, 3.05) is 18.1 Å². The van der Waals surface area contributed by atoms with Crippen LogP contribution in [0.3, 0.4) is 0 Å². The molecule has 6 nitrogen and oxygen atoms in total. The monoisotopic (exact) mass is 344 g/mol. The topological polar surface area (TPSA) is 83.5 Å². The second-order valence-electron chi connectivity index (χ2n) is 5.31. The lowest BCUT2D eigenvalue weighted by atomic mass is 10.2. The number of benzene rings is 1. The van der Waals surface area contributed by atoms with Crippen molar-refractivity contribution in [3.05, 3.63) is 53.2 Å². The summed E-state index contributed by atoms with van der Waals surface area (Å²) in [5.41, 5.74) is 0.272. The number of amides is 1. The largest absolute Gasteiger partial charge is 0.466 e. The second-order valence-corrected chi connectivity index (χ2v) is 5.31. The van der Waals surface area contributed by atoms with E-state index in [9.17, 15) is 14.0 Å². The Morgan fingerprint density at radius 3 is 2.64 bits per heavy atom. The molecule has 0 bridgehead atoms. The maximum atomic E-state index is 13.9. The molecule has 1 heterocycles. The van der Waals surface area contributed by atoms with Crippen molar-refractivity contribution < 1.29 is 23.1 Å². The number of nitriles is 1. The summed E-state index contributed by atoms with van der Waals surface area (Å²) < 4.78 is 24.2. The number of hydrogen-bond donors (Lipinski definition) is 0. The Morgan fingerprint density at radius 2 is 2.04 bits per heavy atom. The molecule has 0 fully saturated rings. The zero-order valence-corrected chi connectivity index (χ0v) is 13.9. The summed E-state index contributed by atoms with van der Waals surface area (Å²) in [6.07, 6.45) is 0.0219. The molecule has 130 valence electrons. The molecule has 0 atom stereocenters. The van der Waals surface area contributed by atoms with Crippen molar-refractivity contribution in [3.8, 4) is 6.07 Å². The predicted octanol–water partition coefficient (Wildman–Crippen LogP) is 3.14. The van der Waals surface area contributed by atoms with Crippen LogP contribution in [0.1, 0.15) is 28.3 Å². The molecule has 0 saturated heterocycles. The van der Waals surface area contributed by atoms with Crippen molar-refractivity contribution in [1.29, 1.82) is 5.26 Å². The average molecular weight is 344 g/mol. The van der Waals surface area contributed by atoms with E-state index in [1.54, 1.807) is 19.9 Å². The highest BCUT2D eigenvalue weighted by atomic mass is 19.1. The Hall–Kier alpha value is -3.14. The van der Waals surface area contributed by atoms with Gasteiger partial charge in [-0.25, -0.2) is 9.18 Å². The first-order valence-electron chi connectivity index (χ1n) is 7.60. The molecule has 0 spiro atoms. The highest BCUT2D eigenvalue weighted by Crippen LogP contribution is 2.20. The van der Waals surface area contributed by atoms with Crippen molar-refractivity contribution in [2.24, 2.45) is 0 Å². The average Bonchev–Trinajstić information content (AvgIpc) is 2.93. The van der Waals surface area contributed by atoms with Crippen LogP contribution in [-0.4, -0.2) is 25.0 Å². The summed E-state index contributed by atoms with van der Waals surface area (Å²) in [6, 6.07) is 9.14. The van der Waals surface area contributed by atoms with E-state index in [1.165, 1.54) is 24.3 Å². The van der Waals surface area contributed by atoms with Crippen LogP contribution >= 0.6 is 0 Å². The lowest BCUT2D eigenvalue weighted by Gasteiger charge is -2.22. The quantitative estimate of drug-likeness (QED) is 0.752. The van der Waals surface area contributed by atoms with Crippen molar-refractivity contribution in [3.63, 3.8) is 0 Å². The van der Waals surface area contributed by atoms with Gasteiger partial charge >= 0.3 is 5.97 Å². The fourth-order valence-corrected chi connectivity index (χ4v) is 2.33. The van der Waals surface area contributed by atoms with Gasteiger partial charge in [0.1, 0.15) is 22.9 Å². The third-order valence-corrected chi connectivity index (χ3v) is 3.48. The second kappa shape index (κ2) is 8.11. The van der Waals surface area contributed by atoms with Gasteiger partial charge in [0.05, 0.1) is 18.2 Å². The normalized spacial score (nSPS) is 10.2. The zero-order valence-electron chi connectivity index (χ0n) is 13.9. The molecule has 0 N–H and O–H groups in total. The number of esters is 1. The number of hydrogen-bond acceptors (Lipinski definition) is 5. The molecule has 0 saturated carbocycles. The SMILES string of the molecule is Cc1cc(C(=O)OCC(=O)N(CCC#N)c2ccccc2F)c(C)o1. The molecule has 0 unspecified atom stereocenters. The molecule has 1 aromatic carbocycles. The van der Waals surface area contributed by atoms with Gasteiger partial charge in [-0.2, -0.15) is 5.26 Å². The van der Waals surface area contributed by atoms with Crippen LogP contribution in [0.2, 0.25) is 0 Å². The molecular weight excluding hydrogens is 327 g/mol. The maximum Gasteiger partial charge on any atom is 0.342 e. The summed E-state index contributed by atoms with van der Waals surface area (Å²) in [4.78, 5) is 25.5. The van der Waals surface area contributed by atoms with Crippen molar-refractivity contribution in [2.45, 2.75) is 20.3 Å². The van der Waals surface area contributed by atoms with Gasteiger partial charge < -0.3 is 14.1 Å². The van der Waals surface area contributed by atoms with E-state index in [4.69, 9.17) is 14.4 Å². The molecule has 7 heteroatoms. The van der Waals surface area contributed by atoms with Gasteiger partial charge in [-0.05, 0) is 32.0 Å². The Labute approximate surface area is 144 Å². The van der Waals surface area contributed by atoms with Gasteiger partial charge in [0.2, 0.25) is 0 Å². The summed E-state index contributed by atoms with van der Waals surface area (Å²) in [5, 5.41) is 8.74. The third-order valence-electron chi connectivity index (χ3n) is 3.48. The molecule has 2 aromatic rings. The molecular formula is C18H17FN2O4. The van der Waals surface area contributed by atoms with Crippen molar-refractivity contribution in [1.82, 2.24) is 0 Å². The van der Waals surface area contributed by atoms with E-state index < -0.39 is 24.3 Å². The van der Waals surface area contributed by atoms with Crippen LogP contribution in [-0.2, 0) is 9.53 Å². The minimum atomic E-state index is -0.698. The van der Waals surface area contributed by atoms with Crippen LogP contribution < -0.4 is 4.90 Å². The van der Waals surface area contributed by atoms with Crippen LogP contribution in [0.4, 0.5) is 10.1 Å². The lowest BCUT2D eigenvalue weighted by molar-refractivity contribution is -0.121. The Bertz CT molecular complexity index is 823. The first-order chi connectivity index (χ1) is 11.9. The van der Waals surface area contributed by atoms with Crippen molar-refractivity contribution >= 4 is 17.6 Å². The number of halogens is 1. The number of anilines is 1. The standard InChI is InChI=1S/C18H17FN2O4/c1-12-10-14(13(2)25-12)18(23)24-11-17(22)21(9-5-8-20)16-7-4-3-6-15(16)19/h3-4,6-7,10H,5,9,11H2,1-2H3. The number of rotatable bonds is 6.